The van der Waals surface area contributed by atoms with E-state index in [0.717, 1.165) is 4.90 Å². The predicted octanol–water partition coefficient (Wildman–Crippen LogP) is 1.41. The molecule has 0 aliphatic carbocycles. The van der Waals surface area contributed by atoms with Gasteiger partial charge in [0.1, 0.15) is 29.8 Å². The molecule has 1 fully saturated rings. The standard InChI is InChI=1S/C19H23ClN4O6S/c1-5-12(24-9(3)13(20)8(2)22-24)16(26)21-14-17(27)23-15(19(28)29)11(6-30-10(4)25)7-31-18(14)23/h12,14,18H,5-7H2,1-4H3,(H,21,26)(H,28,29)/t12-,14-,18+/m0/s1. The topological polar surface area (TPSA) is 131 Å². The summed E-state index contributed by atoms with van der Waals surface area (Å²) >= 11 is 7.50. The number of thioether (sulfide) groups is 1. The van der Waals surface area contributed by atoms with Crippen molar-refractivity contribution in [2.75, 3.05) is 12.4 Å². The molecule has 0 bridgehead atoms. The van der Waals surface area contributed by atoms with Gasteiger partial charge in [-0.15, -0.1) is 11.8 Å². The largest absolute Gasteiger partial charge is 0.477 e. The van der Waals surface area contributed by atoms with Crippen LogP contribution in [0, 0.1) is 13.8 Å². The van der Waals surface area contributed by atoms with E-state index in [2.05, 4.69) is 10.4 Å². The van der Waals surface area contributed by atoms with Crippen molar-refractivity contribution in [3.05, 3.63) is 27.7 Å². The molecule has 2 amide bonds. The number of halogens is 1. The van der Waals surface area contributed by atoms with Crippen LogP contribution in [0.4, 0.5) is 0 Å². The summed E-state index contributed by atoms with van der Waals surface area (Å²) < 4.78 is 6.46. The van der Waals surface area contributed by atoms with Gasteiger partial charge in [0.15, 0.2) is 0 Å². The maximum absolute atomic E-state index is 12.9. The Bertz CT molecular complexity index is 990. The fourth-order valence-electron chi connectivity index (χ4n) is 3.65. The van der Waals surface area contributed by atoms with E-state index in [4.69, 9.17) is 16.3 Å². The number of aromatic nitrogens is 2. The molecule has 1 saturated heterocycles. The van der Waals surface area contributed by atoms with Crippen LogP contribution in [-0.2, 0) is 23.9 Å². The third-order valence-electron chi connectivity index (χ3n) is 5.22. The fourth-order valence-corrected chi connectivity index (χ4v) is 5.10. The van der Waals surface area contributed by atoms with Crippen LogP contribution in [0.15, 0.2) is 11.3 Å². The molecule has 10 nitrogen and oxygen atoms in total. The summed E-state index contributed by atoms with van der Waals surface area (Å²) in [6.07, 6.45) is 0.430. The van der Waals surface area contributed by atoms with Crippen molar-refractivity contribution < 1.29 is 29.0 Å². The van der Waals surface area contributed by atoms with Crippen LogP contribution < -0.4 is 5.32 Å². The molecule has 0 spiro atoms. The molecule has 3 heterocycles. The van der Waals surface area contributed by atoms with E-state index in [9.17, 15) is 24.3 Å². The van der Waals surface area contributed by atoms with Crippen molar-refractivity contribution in [1.82, 2.24) is 20.0 Å². The van der Waals surface area contributed by atoms with Crippen molar-refractivity contribution in [3.8, 4) is 0 Å². The normalized spacial score (nSPS) is 21.3. The zero-order chi connectivity index (χ0) is 23.0. The van der Waals surface area contributed by atoms with Crippen LogP contribution in [0.2, 0.25) is 5.02 Å². The number of amides is 2. The molecule has 0 saturated carbocycles. The Morgan fingerprint density at radius 3 is 2.58 bits per heavy atom. The molecule has 31 heavy (non-hydrogen) atoms. The number of nitrogens with zero attached hydrogens (tertiary/aromatic N) is 3. The molecule has 2 N–H and O–H groups in total. The average molecular weight is 471 g/mol. The number of carboxylic acid groups (broad SMARTS) is 1. The van der Waals surface area contributed by atoms with Gasteiger partial charge in [-0.05, 0) is 20.3 Å². The summed E-state index contributed by atoms with van der Waals surface area (Å²) in [5.41, 5.74) is 1.40. The maximum atomic E-state index is 12.9. The highest BCUT2D eigenvalue weighted by Crippen LogP contribution is 2.40. The SMILES string of the molecule is CC[C@@H](C(=O)N[C@H]1C(=O)N2C(C(=O)O)=C(COC(C)=O)CS[C@H]12)n1nc(C)c(Cl)c1C. The Hall–Kier alpha value is -2.53. The number of carbonyl (C=O) groups excluding carboxylic acids is 3. The van der Waals surface area contributed by atoms with Crippen molar-refractivity contribution in [2.45, 2.75) is 51.6 Å². The van der Waals surface area contributed by atoms with Crippen LogP contribution in [0.25, 0.3) is 0 Å². The molecule has 2 aliphatic heterocycles. The number of carbonyl (C=O) groups is 4. The van der Waals surface area contributed by atoms with Crippen molar-refractivity contribution in [2.24, 2.45) is 0 Å². The van der Waals surface area contributed by atoms with E-state index in [1.54, 1.807) is 18.5 Å². The van der Waals surface area contributed by atoms with Gasteiger partial charge in [0.2, 0.25) is 5.91 Å². The van der Waals surface area contributed by atoms with Crippen molar-refractivity contribution in [1.29, 1.82) is 0 Å². The zero-order valence-corrected chi connectivity index (χ0v) is 19.0. The summed E-state index contributed by atoms with van der Waals surface area (Å²) in [6.45, 7) is 6.36. The fraction of sp³-hybridized carbons (Fsp3) is 0.526. The first-order valence-electron chi connectivity index (χ1n) is 9.63. The van der Waals surface area contributed by atoms with E-state index in [-0.39, 0.29) is 18.1 Å². The smallest absolute Gasteiger partial charge is 0.352 e. The number of β-lactam (4-membered cyclic amide) rings is 1. The van der Waals surface area contributed by atoms with Gasteiger partial charge in [0, 0.05) is 18.2 Å². The van der Waals surface area contributed by atoms with Crippen molar-refractivity contribution in [3.63, 3.8) is 0 Å². The average Bonchev–Trinajstić information content (AvgIpc) is 2.97. The van der Waals surface area contributed by atoms with E-state index < -0.39 is 41.2 Å². The molecule has 168 valence electrons. The number of nitrogens with one attached hydrogen (secondary N) is 1. The van der Waals surface area contributed by atoms with Gasteiger partial charge < -0.3 is 15.2 Å². The predicted molar refractivity (Wildman–Crippen MR) is 112 cm³/mol. The van der Waals surface area contributed by atoms with E-state index in [1.165, 1.54) is 18.7 Å². The lowest BCUT2D eigenvalue weighted by Crippen LogP contribution is -2.71. The number of hydrogen-bond donors (Lipinski definition) is 2. The summed E-state index contributed by atoms with van der Waals surface area (Å²) in [5.74, 6) is -2.48. The first kappa shape index (κ1) is 23.1. The summed E-state index contributed by atoms with van der Waals surface area (Å²) in [4.78, 5) is 49.7. The van der Waals surface area contributed by atoms with Gasteiger partial charge in [0.25, 0.3) is 5.91 Å². The number of esters is 1. The van der Waals surface area contributed by atoms with Crippen LogP contribution in [0.3, 0.4) is 0 Å². The van der Waals surface area contributed by atoms with Crippen LogP contribution >= 0.6 is 23.4 Å². The second kappa shape index (κ2) is 8.91. The number of aryl methyl sites for hydroxylation is 1. The minimum Gasteiger partial charge on any atom is -0.477 e. The molecule has 0 aromatic carbocycles. The minimum atomic E-state index is -1.28. The first-order chi connectivity index (χ1) is 14.6. The van der Waals surface area contributed by atoms with Gasteiger partial charge in [-0.3, -0.25) is 24.0 Å². The summed E-state index contributed by atoms with van der Waals surface area (Å²) in [5, 5.41) is 16.6. The zero-order valence-electron chi connectivity index (χ0n) is 17.5. The van der Waals surface area contributed by atoms with E-state index >= 15 is 0 Å². The third kappa shape index (κ3) is 4.16. The number of carboxylic acids is 1. The highest BCUT2D eigenvalue weighted by molar-refractivity contribution is 8.00. The third-order valence-corrected chi connectivity index (χ3v) is 7.11. The minimum absolute atomic E-state index is 0.196. The summed E-state index contributed by atoms with van der Waals surface area (Å²) in [6, 6.07) is -1.51. The van der Waals surface area contributed by atoms with Crippen molar-refractivity contribution >= 4 is 47.1 Å². The number of aliphatic carboxylic acids is 1. The maximum Gasteiger partial charge on any atom is 0.352 e. The molecule has 2 aliphatic rings. The Morgan fingerprint density at radius 1 is 1.39 bits per heavy atom. The Kier molecular flexibility index (Phi) is 6.65. The van der Waals surface area contributed by atoms with Gasteiger partial charge >= 0.3 is 11.9 Å². The molecule has 0 radical (unpaired) electrons. The lowest BCUT2D eigenvalue weighted by Gasteiger charge is -2.49. The summed E-state index contributed by atoms with van der Waals surface area (Å²) in [7, 11) is 0. The quantitative estimate of drug-likeness (QED) is 0.451. The Balaban J connectivity index is 1.77. The van der Waals surface area contributed by atoms with Crippen LogP contribution in [0.1, 0.15) is 37.7 Å². The van der Waals surface area contributed by atoms with Gasteiger partial charge in [0.05, 0.1) is 16.4 Å². The molecular formula is C19H23ClN4O6S. The Morgan fingerprint density at radius 2 is 2.06 bits per heavy atom. The molecule has 3 atom stereocenters. The lowest BCUT2D eigenvalue weighted by molar-refractivity contribution is -0.151. The number of hydrogen-bond acceptors (Lipinski definition) is 7. The van der Waals surface area contributed by atoms with E-state index in [1.807, 2.05) is 6.92 Å². The van der Waals surface area contributed by atoms with Crippen LogP contribution in [0.5, 0.6) is 0 Å². The molecule has 12 heteroatoms. The molecular weight excluding hydrogens is 448 g/mol. The highest BCUT2D eigenvalue weighted by Gasteiger charge is 2.54. The number of fused-ring (bicyclic) bond motifs is 1. The lowest BCUT2D eigenvalue weighted by atomic mass is 10.0. The second-order valence-corrected chi connectivity index (χ2v) is 8.77. The molecule has 0 unspecified atom stereocenters. The number of ether oxygens (including phenoxy) is 1. The monoisotopic (exact) mass is 470 g/mol. The second-order valence-electron chi connectivity index (χ2n) is 7.29. The van der Waals surface area contributed by atoms with E-state index in [0.29, 0.717) is 28.4 Å². The van der Waals surface area contributed by atoms with Gasteiger partial charge in [-0.2, -0.15) is 5.10 Å². The molecule has 3 rings (SSSR count). The van der Waals surface area contributed by atoms with Crippen LogP contribution in [-0.4, -0.2) is 67.3 Å². The van der Waals surface area contributed by atoms with Gasteiger partial charge in [-0.1, -0.05) is 18.5 Å². The highest BCUT2D eigenvalue weighted by atomic mass is 35.5. The molecule has 1 aromatic rings. The van der Waals surface area contributed by atoms with Gasteiger partial charge in [-0.25, -0.2) is 4.79 Å². The molecule has 1 aromatic heterocycles. The Labute approximate surface area is 187 Å². The number of rotatable bonds is 7. The first-order valence-corrected chi connectivity index (χ1v) is 11.1.